The van der Waals surface area contributed by atoms with E-state index in [9.17, 15) is 0 Å². The summed E-state index contributed by atoms with van der Waals surface area (Å²) >= 11 is 5.85. The smallest absolute Gasteiger partial charge is 0.0305 e. The predicted octanol–water partition coefficient (Wildman–Crippen LogP) is 4.88. The van der Waals surface area contributed by atoms with Crippen LogP contribution in [0.25, 0.3) is 0 Å². The largest absolute Gasteiger partial charge is 0.324 e. The zero-order chi connectivity index (χ0) is 12.1. The van der Waals surface area contributed by atoms with E-state index in [0.29, 0.717) is 0 Å². The van der Waals surface area contributed by atoms with Gasteiger partial charge < -0.3 is 5.73 Å². The van der Waals surface area contributed by atoms with Crippen molar-refractivity contribution in [1.82, 2.24) is 0 Å². The van der Waals surface area contributed by atoms with Crippen molar-refractivity contribution in [2.45, 2.75) is 39.2 Å². The Labute approximate surface area is 120 Å². The molecular weight excluding hydrogens is 377 g/mol. The normalized spacial score (nSPS) is 13.1. The van der Waals surface area contributed by atoms with Crippen LogP contribution in [0.2, 0.25) is 0 Å². The van der Waals surface area contributed by atoms with E-state index < -0.39 is 0 Å². The zero-order valence-corrected chi connectivity index (χ0v) is 13.6. The van der Waals surface area contributed by atoms with Crippen LogP contribution >= 0.6 is 38.5 Å². The Morgan fingerprint density at radius 2 is 2.00 bits per heavy atom. The van der Waals surface area contributed by atoms with E-state index in [-0.39, 0.29) is 6.04 Å². The molecule has 0 amide bonds. The monoisotopic (exact) mass is 395 g/mol. The molecule has 90 valence electrons. The Balaban J connectivity index is 2.58. The average molecular weight is 396 g/mol. The molecule has 0 bridgehead atoms. The maximum absolute atomic E-state index is 6.23. The van der Waals surface area contributed by atoms with Crippen LogP contribution in [0.5, 0.6) is 0 Å². The molecule has 0 radical (unpaired) electrons. The van der Waals surface area contributed by atoms with Crippen LogP contribution < -0.4 is 5.73 Å². The van der Waals surface area contributed by atoms with Crippen LogP contribution in [0.4, 0.5) is 0 Å². The second kappa shape index (κ2) is 6.97. The summed E-state index contributed by atoms with van der Waals surface area (Å²) < 4.78 is 2.38. The Bertz CT molecular complexity index is 339. The van der Waals surface area contributed by atoms with E-state index in [1.807, 2.05) is 0 Å². The Morgan fingerprint density at radius 1 is 1.31 bits per heavy atom. The predicted molar refractivity (Wildman–Crippen MR) is 82.5 cm³/mol. The molecule has 1 nitrogen and oxygen atoms in total. The first-order valence-electron chi connectivity index (χ1n) is 5.71. The van der Waals surface area contributed by atoms with E-state index in [1.54, 1.807) is 0 Å². The van der Waals surface area contributed by atoms with Crippen molar-refractivity contribution in [3.05, 3.63) is 31.8 Å². The molecular formula is C13H19BrIN. The molecule has 1 aromatic rings. The molecule has 0 spiro atoms. The molecule has 1 aromatic carbocycles. The van der Waals surface area contributed by atoms with Gasteiger partial charge in [0.15, 0.2) is 0 Å². The van der Waals surface area contributed by atoms with Crippen molar-refractivity contribution in [3.8, 4) is 0 Å². The van der Waals surface area contributed by atoms with Crippen molar-refractivity contribution in [2.24, 2.45) is 11.7 Å². The first kappa shape index (κ1) is 14.5. The second-order valence-electron chi connectivity index (χ2n) is 4.60. The van der Waals surface area contributed by atoms with Crippen LogP contribution in [-0.2, 0) is 0 Å². The van der Waals surface area contributed by atoms with Gasteiger partial charge >= 0.3 is 0 Å². The van der Waals surface area contributed by atoms with Gasteiger partial charge in [0, 0.05) is 14.1 Å². The van der Waals surface area contributed by atoms with Crippen molar-refractivity contribution >= 4 is 38.5 Å². The summed E-state index contributed by atoms with van der Waals surface area (Å²) in [5, 5.41) is 0. The van der Waals surface area contributed by atoms with Gasteiger partial charge in [0.1, 0.15) is 0 Å². The molecule has 1 unspecified atom stereocenters. The van der Waals surface area contributed by atoms with Crippen molar-refractivity contribution in [2.75, 3.05) is 0 Å². The Morgan fingerprint density at radius 3 is 2.62 bits per heavy atom. The molecule has 0 aliphatic heterocycles. The van der Waals surface area contributed by atoms with Crippen LogP contribution in [0.1, 0.15) is 44.7 Å². The second-order valence-corrected chi connectivity index (χ2v) is 6.67. The average Bonchev–Trinajstić information content (AvgIpc) is 2.21. The topological polar surface area (TPSA) is 26.0 Å². The molecule has 0 aliphatic carbocycles. The highest BCUT2D eigenvalue weighted by atomic mass is 127. The van der Waals surface area contributed by atoms with Crippen molar-refractivity contribution in [3.63, 3.8) is 0 Å². The van der Waals surface area contributed by atoms with Crippen LogP contribution in [-0.4, -0.2) is 0 Å². The number of hydrogen-bond donors (Lipinski definition) is 1. The summed E-state index contributed by atoms with van der Waals surface area (Å²) in [5.41, 5.74) is 7.49. The molecule has 1 atom stereocenters. The van der Waals surface area contributed by atoms with Crippen LogP contribution in [0.3, 0.4) is 0 Å². The fourth-order valence-corrected chi connectivity index (χ4v) is 2.81. The lowest BCUT2D eigenvalue weighted by molar-refractivity contribution is 0.505. The SMILES string of the molecule is CC(C)CCCC(N)c1cc(Br)ccc1I. The van der Waals surface area contributed by atoms with E-state index in [0.717, 1.165) is 16.8 Å². The lowest BCUT2D eigenvalue weighted by atomic mass is 9.99. The summed E-state index contributed by atoms with van der Waals surface area (Å²) in [6.45, 7) is 4.52. The summed E-state index contributed by atoms with van der Waals surface area (Å²) in [6.07, 6.45) is 3.55. The maximum Gasteiger partial charge on any atom is 0.0305 e. The number of rotatable bonds is 5. The Kier molecular flexibility index (Phi) is 6.29. The molecule has 2 N–H and O–H groups in total. The molecule has 0 heterocycles. The quantitative estimate of drug-likeness (QED) is 0.706. The molecule has 0 aromatic heterocycles. The first-order valence-corrected chi connectivity index (χ1v) is 7.58. The van der Waals surface area contributed by atoms with Gasteiger partial charge in [0.05, 0.1) is 0 Å². The van der Waals surface area contributed by atoms with Gasteiger partial charge in [0.2, 0.25) is 0 Å². The van der Waals surface area contributed by atoms with Crippen molar-refractivity contribution in [1.29, 1.82) is 0 Å². The van der Waals surface area contributed by atoms with E-state index in [4.69, 9.17) is 5.73 Å². The fraction of sp³-hybridized carbons (Fsp3) is 0.538. The summed E-state index contributed by atoms with van der Waals surface area (Å²) in [7, 11) is 0. The van der Waals surface area contributed by atoms with Gasteiger partial charge in [-0.1, -0.05) is 42.6 Å². The minimum absolute atomic E-state index is 0.170. The minimum atomic E-state index is 0.170. The highest BCUT2D eigenvalue weighted by Crippen LogP contribution is 2.26. The summed E-state index contributed by atoms with van der Waals surface area (Å²) in [4.78, 5) is 0. The third-order valence-corrected chi connectivity index (χ3v) is 4.13. The van der Waals surface area contributed by atoms with Gasteiger partial charge in [-0.3, -0.25) is 0 Å². The standard InChI is InChI=1S/C13H19BrIN/c1-9(2)4-3-5-13(16)11-8-10(14)6-7-12(11)15/h6-9,13H,3-5,16H2,1-2H3. The number of nitrogens with two attached hydrogens (primary N) is 1. The van der Waals surface area contributed by atoms with E-state index >= 15 is 0 Å². The minimum Gasteiger partial charge on any atom is -0.324 e. The highest BCUT2D eigenvalue weighted by molar-refractivity contribution is 14.1. The number of hydrogen-bond acceptors (Lipinski definition) is 1. The Hall–Kier alpha value is 0.390. The maximum atomic E-state index is 6.23. The molecule has 3 heteroatoms. The van der Waals surface area contributed by atoms with E-state index in [2.05, 4.69) is 70.6 Å². The van der Waals surface area contributed by atoms with Crippen LogP contribution in [0, 0.1) is 9.49 Å². The molecule has 0 aliphatic rings. The molecule has 16 heavy (non-hydrogen) atoms. The van der Waals surface area contributed by atoms with Crippen LogP contribution in [0.15, 0.2) is 22.7 Å². The fourth-order valence-electron chi connectivity index (χ4n) is 1.70. The highest BCUT2D eigenvalue weighted by Gasteiger charge is 2.10. The third-order valence-electron chi connectivity index (χ3n) is 2.65. The zero-order valence-electron chi connectivity index (χ0n) is 9.84. The lowest BCUT2D eigenvalue weighted by Gasteiger charge is -2.15. The first-order chi connectivity index (χ1) is 7.50. The van der Waals surface area contributed by atoms with Crippen molar-refractivity contribution < 1.29 is 0 Å². The summed E-state index contributed by atoms with van der Waals surface area (Å²) in [5.74, 6) is 0.772. The van der Waals surface area contributed by atoms with E-state index in [1.165, 1.54) is 22.0 Å². The number of benzene rings is 1. The molecule has 0 fully saturated rings. The van der Waals surface area contributed by atoms with Gasteiger partial charge in [-0.15, -0.1) is 0 Å². The summed E-state index contributed by atoms with van der Waals surface area (Å²) in [6, 6.07) is 6.49. The van der Waals surface area contributed by atoms with Gasteiger partial charge in [0.25, 0.3) is 0 Å². The molecule has 0 saturated heterocycles. The molecule has 1 rings (SSSR count). The lowest BCUT2D eigenvalue weighted by Crippen LogP contribution is -2.12. The molecule has 0 saturated carbocycles. The number of halogens is 2. The van der Waals surface area contributed by atoms with Gasteiger partial charge in [-0.25, -0.2) is 0 Å². The van der Waals surface area contributed by atoms with Gasteiger partial charge in [-0.2, -0.15) is 0 Å². The third kappa shape index (κ3) is 4.72. The van der Waals surface area contributed by atoms with Gasteiger partial charge in [-0.05, 0) is 58.7 Å².